The molecule has 1 aliphatic rings. The number of nitrogens with zero attached hydrogens (tertiary/aromatic N) is 2. The zero-order valence-corrected chi connectivity index (χ0v) is 18.2. The second kappa shape index (κ2) is 8.56. The number of hydrogen-bond donors (Lipinski definition) is 2. The monoisotopic (exact) mass is 448 g/mol. The molecule has 0 saturated heterocycles. The summed E-state index contributed by atoms with van der Waals surface area (Å²) in [6.45, 7) is 0. The zero-order valence-electron chi connectivity index (χ0n) is 16.6. The van der Waals surface area contributed by atoms with Crippen LogP contribution in [0.5, 0.6) is 0 Å². The zero-order chi connectivity index (χ0) is 21.2. The Labute approximate surface area is 187 Å². The molecule has 3 heterocycles. The van der Waals surface area contributed by atoms with E-state index in [1.165, 1.54) is 11.3 Å². The maximum absolute atomic E-state index is 12.7. The summed E-state index contributed by atoms with van der Waals surface area (Å²) < 4.78 is 2.01. The Balaban J connectivity index is 1.20. The number of aromatic nitrogens is 2. The molecule has 5 rings (SSSR count). The van der Waals surface area contributed by atoms with Gasteiger partial charge in [0.05, 0.1) is 11.3 Å². The third kappa shape index (κ3) is 4.65. The number of pyridine rings is 1. The number of anilines is 1. The average molecular weight is 449 g/mol. The normalized spacial score (nSPS) is 13.3. The van der Waals surface area contributed by atoms with Gasteiger partial charge in [0.15, 0.2) is 0 Å². The van der Waals surface area contributed by atoms with Crippen LogP contribution in [-0.4, -0.2) is 27.2 Å². The molecule has 8 heteroatoms. The molecule has 6 nitrogen and oxygen atoms in total. The van der Waals surface area contributed by atoms with E-state index in [0.717, 1.165) is 34.8 Å². The van der Waals surface area contributed by atoms with Crippen LogP contribution in [0.2, 0.25) is 0 Å². The Kier molecular flexibility index (Phi) is 5.48. The van der Waals surface area contributed by atoms with Gasteiger partial charge in [-0.25, -0.2) is 4.98 Å². The highest BCUT2D eigenvalue weighted by Gasteiger charge is 2.25. The summed E-state index contributed by atoms with van der Waals surface area (Å²) in [7, 11) is 0. The Hall–Kier alpha value is -3.10. The molecule has 0 aliphatic heterocycles. The van der Waals surface area contributed by atoms with Gasteiger partial charge in [0.25, 0.3) is 11.8 Å². The lowest BCUT2D eigenvalue weighted by molar-refractivity contribution is 0.0952. The van der Waals surface area contributed by atoms with Crippen LogP contribution < -0.4 is 10.6 Å². The highest BCUT2D eigenvalue weighted by molar-refractivity contribution is 7.98. The fourth-order valence-corrected chi connectivity index (χ4v) is 4.73. The van der Waals surface area contributed by atoms with Crippen LogP contribution in [0, 0.1) is 0 Å². The quantitative estimate of drug-likeness (QED) is 0.397. The van der Waals surface area contributed by atoms with Crippen LogP contribution >= 0.6 is 23.1 Å². The minimum Gasteiger partial charge on any atom is -0.349 e. The minimum atomic E-state index is -0.222. The molecule has 2 N–H and O–H groups in total. The number of rotatable bonds is 7. The predicted molar refractivity (Wildman–Crippen MR) is 124 cm³/mol. The summed E-state index contributed by atoms with van der Waals surface area (Å²) in [5.41, 5.74) is 3.01. The van der Waals surface area contributed by atoms with Crippen LogP contribution in [0.1, 0.15) is 39.3 Å². The van der Waals surface area contributed by atoms with Gasteiger partial charge in [-0.2, -0.15) is 0 Å². The third-order valence-corrected chi connectivity index (χ3v) is 6.84. The molecule has 0 atom stereocenters. The molecule has 31 heavy (non-hydrogen) atoms. The first-order valence-corrected chi connectivity index (χ1v) is 11.9. The van der Waals surface area contributed by atoms with E-state index in [4.69, 9.17) is 0 Å². The molecule has 1 fully saturated rings. The molecule has 156 valence electrons. The van der Waals surface area contributed by atoms with E-state index in [1.807, 2.05) is 52.5 Å². The fourth-order valence-electron chi connectivity index (χ4n) is 3.17. The number of carbonyl (C=O) groups is 2. The lowest BCUT2D eigenvalue weighted by atomic mass is 10.2. The van der Waals surface area contributed by atoms with Crippen molar-refractivity contribution in [1.29, 1.82) is 0 Å². The first-order valence-electron chi connectivity index (χ1n) is 10.0. The fraction of sp³-hybridized carbons (Fsp3) is 0.174. The first-order chi connectivity index (χ1) is 15.2. The van der Waals surface area contributed by atoms with Gasteiger partial charge in [0.2, 0.25) is 0 Å². The Bertz CT molecular complexity index is 1210. The maximum Gasteiger partial charge on any atom is 0.256 e. The summed E-state index contributed by atoms with van der Waals surface area (Å²) in [4.78, 5) is 30.6. The number of thioether (sulfide) groups is 1. The number of thiophene rings is 1. The van der Waals surface area contributed by atoms with Crippen LogP contribution in [-0.2, 0) is 5.75 Å². The highest BCUT2D eigenvalue weighted by atomic mass is 32.2. The van der Waals surface area contributed by atoms with Gasteiger partial charge in [-0.3, -0.25) is 9.59 Å². The smallest absolute Gasteiger partial charge is 0.256 e. The molecular formula is C23H20N4O2S2. The molecule has 0 unspecified atom stereocenters. The van der Waals surface area contributed by atoms with E-state index in [9.17, 15) is 9.59 Å². The first kappa shape index (κ1) is 19.8. The maximum atomic E-state index is 12.7. The van der Waals surface area contributed by atoms with Crippen LogP contribution in [0.3, 0.4) is 0 Å². The number of benzene rings is 1. The molecule has 1 aromatic carbocycles. The van der Waals surface area contributed by atoms with Gasteiger partial charge in [0.1, 0.15) is 10.6 Å². The summed E-state index contributed by atoms with van der Waals surface area (Å²) in [6.07, 6.45) is 6.07. The lowest BCUT2D eigenvalue weighted by Gasteiger charge is -2.07. The highest BCUT2D eigenvalue weighted by Crippen LogP contribution is 2.27. The number of fused-ring (bicyclic) bond motifs is 1. The summed E-state index contributed by atoms with van der Waals surface area (Å²) in [5.74, 6) is 0.402. The van der Waals surface area contributed by atoms with Gasteiger partial charge in [0, 0.05) is 34.6 Å². The number of imidazole rings is 1. The van der Waals surface area contributed by atoms with E-state index in [-0.39, 0.29) is 17.9 Å². The van der Waals surface area contributed by atoms with E-state index in [1.54, 1.807) is 30.0 Å². The van der Waals surface area contributed by atoms with Gasteiger partial charge in [-0.05, 0) is 60.7 Å². The summed E-state index contributed by atoms with van der Waals surface area (Å²) in [5, 5.41) is 8.23. The molecule has 3 aromatic heterocycles. The Morgan fingerprint density at radius 2 is 1.94 bits per heavy atom. The van der Waals surface area contributed by atoms with Gasteiger partial charge < -0.3 is 15.0 Å². The molecule has 4 aromatic rings. The van der Waals surface area contributed by atoms with Crippen LogP contribution in [0.25, 0.3) is 5.65 Å². The second-order valence-electron chi connectivity index (χ2n) is 7.38. The van der Waals surface area contributed by atoms with Gasteiger partial charge in [-0.15, -0.1) is 23.1 Å². The standard InChI is InChI=1S/C23H20N4O2S2/c28-21(26-23-19(10-12-30-23)22(29)25-16-6-7-16)15-4-8-18(9-5-15)31-14-17-13-27-11-2-1-3-20(27)24-17/h1-5,8-13,16H,6-7,14H2,(H,25,29)(H,26,28). The van der Waals surface area contributed by atoms with Gasteiger partial charge >= 0.3 is 0 Å². The van der Waals surface area contributed by atoms with E-state index in [2.05, 4.69) is 15.6 Å². The predicted octanol–water partition coefficient (Wildman–Crippen LogP) is 4.83. The number of carbonyl (C=O) groups excluding carboxylic acids is 2. The Morgan fingerprint density at radius 1 is 1.10 bits per heavy atom. The van der Waals surface area contributed by atoms with Crippen molar-refractivity contribution in [2.45, 2.75) is 29.5 Å². The second-order valence-corrected chi connectivity index (χ2v) is 9.34. The lowest BCUT2D eigenvalue weighted by Crippen LogP contribution is -2.26. The Morgan fingerprint density at radius 3 is 2.71 bits per heavy atom. The van der Waals surface area contributed by atoms with E-state index >= 15 is 0 Å². The molecular weight excluding hydrogens is 428 g/mol. The molecule has 0 radical (unpaired) electrons. The van der Waals surface area contributed by atoms with E-state index in [0.29, 0.717) is 16.1 Å². The van der Waals surface area contributed by atoms with Crippen molar-refractivity contribution in [2.75, 3.05) is 5.32 Å². The molecule has 0 bridgehead atoms. The van der Waals surface area contributed by atoms with Gasteiger partial charge in [-0.1, -0.05) is 6.07 Å². The molecule has 0 spiro atoms. The van der Waals surface area contributed by atoms with Crippen molar-refractivity contribution in [3.8, 4) is 0 Å². The third-order valence-electron chi connectivity index (χ3n) is 4.97. The van der Waals surface area contributed by atoms with Crippen LogP contribution in [0.15, 0.2) is 71.2 Å². The molecule has 2 amide bonds. The van der Waals surface area contributed by atoms with Crippen molar-refractivity contribution in [2.24, 2.45) is 0 Å². The van der Waals surface area contributed by atoms with Crippen molar-refractivity contribution < 1.29 is 9.59 Å². The topological polar surface area (TPSA) is 75.5 Å². The number of nitrogens with one attached hydrogen (secondary N) is 2. The van der Waals surface area contributed by atoms with Crippen molar-refractivity contribution in [3.05, 3.63) is 83.1 Å². The summed E-state index contributed by atoms with van der Waals surface area (Å²) in [6, 6.07) is 15.4. The van der Waals surface area contributed by atoms with Crippen molar-refractivity contribution in [3.63, 3.8) is 0 Å². The summed E-state index contributed by atoms with van der Waals surface area (Å²) >= 11 is 3.03. The number of hydrogen-bond acceptors (Lipinski definition) is 5. The number of amides is 2. The largest absolute Gasteiger partial charge is 0.349 e. The van der Waals surface area contributed by atoms with Crippen LogP contribution in [0.4, 0.5) is 5.00 Å². The van der Waals surface area contributed by atoms with E-state index < -0.39 is 0 Å². The minimum absolute atomic E-state index is 0.127. The molecule has 1 aliphatic carbocycles. The van der Waals surface area contributed by atoms with Crippen molar-refractivity contribution in [1.82, 2.24) is 14.7 Å². The molecule has 1 saturated carbocycles. The van der Waals surface area contributed by atoms with Crippen molar-refractivity contribution >= 4 is 45.6 Å². The average Bonchev–Trinajstić information content (AvgIpc) is 3.31. The SMILES string of the molecule is O=C(Nc1sccc1C(=O)NC1CC1)c1ccc(SCc2cn3ccccc3n2)cc1.